The average molecular weight is 404 g/mol. The van der Waals surface area contributed by atoms with E-state index in [1.807, 2.05) is 24.3 Å². The van der Waals surface area contributed by atoms with Crippen molar-refractivity contribution in [1.82, 2.24) is 9.80 Å². The minimum Gasteiger partial charge on any atom is -0.373 e. The summed E-state index contributed by atoms with van der Waals surface area (Å²) in [5, 5.41) is 9.34. The molecule has 2 unspecified atom stereocenters. The third-order valence-electron chi connectivity index (χ3n) is 6.44. The van der Waals surface area contributed by atoms with Crippen molar-refractivity contribution in [3.8, 4) is 17.2 Å². The fourth-order valence-corrected chi connectivity index (χ4v) is 5.01. The van der Waals surface area contributed by atoms with Crippen molar-refractivity contribution in [2.75, 3.05) is 32.7 Å². The molecule has 0 saturated carbocycles. The smallest absolute Gasteiger partial charge is 0.0998 e. The van der Waals surface area contributed by atoms with Crippen molar-refractivity contribution in [2.24, 2.45) is 5.92 Å². The van der Waals surface area contributed by atoms with Gasteiger partial charge in [0.1, 0.15) is 0 Å². The highest BCUT2D eigenvalue weighted by Crippen LogP contribution is 2.25. The van der Waals surface area contributed by atoms with Crippen LogP contribution in [-0.4, -0.2) is 54.7 Å². The largest absolute Gasteiger partial charge is 0.373 e. The van der Waals surface area contributed by atoms with Gasteiger partial charge in [-0.2, -0.15) is 5.26 Å². The molecular weight excluding hydrogens is 370 g/mol. The Labute approximate surface area is 181 Å². The number of hydrogen-bond donors (Lipinski definition) is 0. The number of morpholine rings is 1. The molecule has 4 nitrogen and oxygen atoms in total. The van der Waals surface area contributed by atoms with Crippen LogP contribution in [0, 0.1) is 17.2 Å². The third-order valence-corrected chi connectivity index (χ3v) is 6.44. The number of piperidine rings is 1. The lowest BCUT2D eigenvalue weighted by atomic mass is 9.95. The Bertz CT molecular complexity index is 855. The summed E-state index contributed by atoms with van der Waals surface area (Å²) in [6, 6.07) is 18.8. The molecule has 2 aromatic carbocycles. The van der Waals surface area contributed by atoms with Crippen LogP contribution in [0.1, 0.15) is 37.8 Å². The van der Waals surface area contributed by atoms with Crippen LogP contribution >= 0.6 is 0 Å². The van der Waals surface area contributed by atoms with Gasteiger partial charge in [0.25, 0.3) is 0 Å². The average Bonchev–Trinajstić information content (AvgIpc) is 2.75. The molecule has 4 heteroatoms. The standard InChI is InChI=1S/C26H33N3O/c1-20-16-29(17-21(2)30-20)19-23-11-13-28(14-12-23)18-22-7-9-24(10-8-22)26-6-4-3-5-25(26)15-27/h3-10,20-21,23H,11-14,16-19H2,1-2H3. The normalized spacial score (nSPS) is 23.9. The van der Waals surface area contributed by atoms with Crippen molar-refractivity contribution in [2.45, 2.75) is 45.4 Å². The minimum atomic E-state index is 0.358. The Balaban J connectivity index is 1.28. The van der Waals surface area contributed by atoms with Gasteiger partial charge in [0.05, 0.1) is 23.8 Å². The van der Waals surface area contributed by atoms with E-state index < -0.39 is 0 Å². The summed E-state index contributed by atoms with van der Waals surface area (Å²) in [5.74, 6) is 0.809. The van der Waals surface area contributed by atoms with Gasteiger partial charge in [-0.25, -0.2) is 0 Å². The molecule has 0 amide bonds. The molecule has 0 radical (unpaired) electrons. The topological polar surface area (TPSA) is 39.5 Å². The van der Waals surface area contributed by atoms with Gasteiger partial charge < -0.3 is 4.74 Å². The van der Waals surface area contributed by atoms with E-state index in [2.05, 4.69) is 54.0 Å². The van der Waals surface area contributed by atoms with Crippen LogP contribution in [0.4, 0.5) is 0 Å². The Morgan fingerprint density at radius 1 is 0.933 bits per heavy atom. The van der Waals surface area contributed by atoms with Gasteiger partial charge in [-0.3, -0.25) is 9.80 Å². The first-order valence-corrected chi connectivity index (χ1v) is 11.3. The van der Waals surface area contributed by atoms with Gasteiger partial charge in [-0.05, 0) is 68.5 Å². The van der Waals surface area contributed by atoms with Crippen LogP contribution in [0.25, 0.3) is 11.1 Å². The van der Waals surface area contributed by atoms with Gasteiger partial charge in [0, 0.05) is 26.2 Å². The van der Waals surface area contributed by atoms with Crippen molar-refractivity contribution in [3.63, 3.8) is 0 Å². The number of ether oxygens (including phenoxy) is 1. The van der Waals surface area contributed by atoms with Crippen LogP contribution in [0.2, 0.25) is 0 Å². The fraction of sp³-hybridized carbons (Fsp3) is 0.500. The molecular formula is C26H33N3O. The molecule has 2 atom stereocenters. The SMILES string of the molecule is CC1CN(CC2CCN(Cc3ccc(-c4ccccc4C#N)cc3)CC2)CC(C)O1. The van der Waals surface area contributed by atoms with Crippen LogP contribution in [-0.2, 0) is 11.3 Å². The predicted octanol–water partition coefficient (Wildman–Crippen LogP) is 4.55. The summed E-state index contributed by atoms with van der Waals surface area (Å²) in [7, 11) is 0. The molecule has 2 heterocycles. The van der Waals surface area contributed by atoms with E-state index in [4.69, 9.17) is 4.74 Å². The van der Waals surface area contributed by atoms with Gasteiger partial charge in [-0.1, -0.05) is 42.5 Å². The number of hydrogen-bond acceptors (Lipinski definition) is 4. The summed E-state index contributed by atoms with van der Waals surface area (Å²) in [6.45, 7) is 11.1. The van der Waals surface area contributed by atoms with Gasteiger partial charge >= 0.3 is 0 Å². The highest BCUT2D eigenvalue weighted by atomic mass is 16.5. The highest BCUT2D eigenvalue weighted by molar-refractivity contribution is 5.70. The van der Waals surface area contributed by atoms with Crippen molar-refractivity contribution >= 4 is 0 Å². The zero-order chi connectivity index (χ0) is 20.9. The summed E-state index contributed by atoms with van der Waals surface area (Å²) in [5.41, 5.74) is 4.21. The van der Waals surface area contributed by atoms with Crippen LogP contribution in [0.3, 0.4) is 0 Å². The summed E-state index contributed by atoms with van der Waals surface area (Å²) < 4.78 is 5.87. The molecule has 0 aliphatic carbocycles. The summed E-state index contributed by atoms with van der Waals surface area (Å²) >= 11 is 0. The number of rotatable bonds is 5. The molecule has 2 fully saturated rings. The lowest BCUT2D eigenvalue weighted by Gasteiger charge is -2.39. The Morgan fingerprint density at radius 2 is 1.60 bits per heavy atom. The van der Waals surface area contributed by atoms with Crippen molar-refractivity contribution < 1.29 is 4.74 Å². The Hall–Kier alpha value is -2.19. The van der Waals surface area contributed by atoms with E-state index >= 15 is 0 Å². The maximum absolute atomic E-state index is 9.34. The van der Waals surface area contributed by atoms with E-state index in [9.17, 15) is 5.26 Å². The van der Waals surface area contributed by atoms with Gasteiger partial charge in [-0.15, -0.1) is 0 Å². The zero-order valence-corrected chi connectivity index (χ0v) is 18.3. The van der Waals surface area contributed by atoms with Crippen LogP contribution < -0.4 is 0 Å². The lowest BCUT2D eigenvalue weighted by Crippen LogP contribution is -2.48. The second-order valence-electron chi connectivity index (χ2n) is 9.05. The molecule has 30 heavy (non-hydrogen) atoms. The maximum atomic E-state index is 9.34. The highest BCUT2D eigenvalue weighted by Gasteiger charge is 2.26. The first-order chi connectivity index (χ1) is 14.6. The number of likely N-dealkylation sites (tertiary alicyclic amines) is 1. The second-order valence-corrected chi connectivity index (χ2v) is 9.05. The maximum Gasteiger partial charge on any atom is 0.0998 e. The third kappa shape index (κ3) is 5.29. The van der Waals surface area contributed by atoms with E-state index in [-0.39, 0.29) is 0 Å². The Kier molecular flexibility index (Phi) is 6.84. The zero-order valence-electron chi connectivity index (χ0n) is 18.3. The quantitative estimate of drug-likeness (QED) is 0.734. The number of nitriles is 1. The van der Waals surface area contributed by atoms with Crippen LogP contribution in [0.15, 0.2) is 48.5 Å². The summed E-state index contributed by atoms with van der Waals surface area (Å²) in [4.78, 5) is 5.19. The number of benzene rings is 2. The van der Waals surface area contributed by atoms with Gasteiger partial charge in [0.15, 0.2) is 0 Å². The Morgan fingerprint density at radius 3 is 2.27 bits per heavy atom. The first-order valence-electron chi connectivity index (χ1n) is 11.3. The first kappa shape index (κ1) is 21.1. The predicted molar refractivity (Wildman–Crippen MR) is 121 cm³/mol. The van der Waals surface area contributed by atoms with Crippen LogP contribution in [0.5, 0.6) is 0 Å². The number of nitrogens with zero attached hydrogens (tertiary/aromatic N) is 3. The van der Waals surface area contributed by atoms with Crippen molar-refractivity contribution in [1.29, 1.82) is 5.26 Å². The minimum absolute atomic E-state index is 0.358. The molecule has 0 spiro atoms. The molecule has 0 aromatic heterocycles. The lowest BCUT2D eigenvalue weighted by molar-refractivity contribution is -0.0732. The molecule has 158 valence electrons. The van der Waals surface area contributed by atoms with E-state index in [1.54, 1.807) is 0 Å². The van der Waals surface area contributed by atoms with Gasteiger partial charge in [0.2, 0.25) is 0 Å². The second kappa shape index (κ2) is 9.75. The molecule has 2 aliphatic heterocycles. The summed E-state index contributed by atoms with van der Waals surface area (Å²) in [6.07, 6.45) is 3.29. The molecule has 2 saturated heterocycles. The van der Waals surface area contributed by atoms with E-state index in [0.717, 1.165) is 42.2 Å². The molecule has 2 aliphatic rings. The molecule has 0 N–H and O–H groups in total. The monoisotopic (exact) mass is 403 g/mol. The van der Waals surface area contributed by atoms with E-state index in [0.29, 0.717) is 12.2 Å². The van der Waals surface area contributed by atoms with Crippen molar-refractivity contribution in [3.05, 3.63) is 59.7 Å². The molecule has 2 aromatic rings. The fourth-order valence-electron chi connectivity index (χ4n) is 5.01. The van der Waals surface area contributed by atoms with E-state index in [1.165, 1.54) is 38.0 Å². The molecule has 0 bridgehead atoms. The molecule has 4 rings (SSSR count).